The second-order valence-electron chi connectivity index (χ2n) is 3.51. The molecule has 0 aliphatic carbocycles. The standard InChI is InChI=1S/C12H15F2NO/c1-3-8-15(2)9-10-4-6-11(7-5-10)16-12(13)14/h3-7,12H,1,8-9H2,2H3. The Balaban J connectivity index is 2.54. The molecule has 0 bridgehead atoms. The molecule has 0 aliphatic rings. The van der Waals surface area contributed by atoms with Gasteiger partial charge in [0.2, 0.25) is 0 Å². The predicted octanol–water partition coefficient (Wildman–Crippen LogP) is 2.91. The highest BCUT2D eigenvalue weighted by Crippen LogP contribution is 2.15. The van der Waals surface area contributed by atoms with Crippen LogP contribution in [0.4, 0.5) is 8.78 Å². The topological polar surface area (TPSA) is 12.5 Å². The van der Waals surface area contributed by atoms with E-state index >= 15 is 0 Å². The fourth-order valence-electron chi connectivity index (χ4n) is 1.37. The summed E-state index contributed by atoms with van der Waals surface area (Å²) in [5.74, 6) is 0.185. The number of ether oxygens (including phenoxy) is 1. The van der Waals surface area contributed by atoms with Gasteiger partial charge in [-0.15, -0.1) is 6.58 Å². The van der Waals surface area contributed by atoms with Crippen molar-refractivity contribution in [1.29, 1.82) is 0 Å². The summed E-state index contributed by atoms with van der Waals surface area (Å²) in [4.78, 5) is 2.07. The molecule has 0 saturated heterocycles. The van der Waals surface area contributed by atoms with Crippen molar-refractivity contribution in [3.8, 4) is 5.75 Å². The van der Waals surface area contributed by atoms with Gasteiger partial charge in [-0.1, -0.05) is 18.2 Å². The van der Waals surface area contributed by atoms with Crippen molar-refractivity contribution >= 4 is 0 Å². The Hall–Kier alpha value is -1.42. The molecule has 0 aromatic heterocycles. The van der Waals surface area contributed by atoms with Gasteiger partial charge >= 0.3 is 6.61 Å². The quantitative estimate of drug-likeness (QED) is 0.693. The summed E-state index contributed by atoms with van der Waals surface area (Å²) in [6.45, 7) is 2.41. The third-order valence-electron chi connectivity index (χ3n) is 2.04. The lowest BCUT2D eigenvalue weighted by Crippen LogP contribution is -2.17. The van der Waals surface area contributed by atoms with Crippen molar-refractivity contribution in [1.82, 2.24) is 4.90 Å². The molecule has 0 N–H and O–H groups in total. The molecule has 0 atom stereocenters. The normalized spacial score (nSPS) is 10.8. The molecule has 1 aromatic rings. The molecule has 0 fully saturated rings. The Morgan fingerprint density at radius 1 is 1.38 bits per heavy atom. The van der Waals surface area contributed by atoms with Gasteiger partial charge in [-0.25, -0.2) is 0 Å². The zero-order valence-corrected chi connectivity index (χ0v) is 9.20. The monoisotopic (exact) mass is 227 g/mol. The molecule has 0 radical (unpaired) electrons. The Morgan fingerprint density at radius 2 is 2.00 bits per heavy atom. The van der Waals surface area contributed by atoms with Crippen molar-refractivity contribution in [2.45, 2.75) is 13.2 Å². The van der Waals surface area contributed by atoms with Gasteiger partial charge in [0.15, 0.2) is 0 Å². The number of rotatable bonds is 6. The molecule has 1 aromatic carbocycles. The lowest BCUT2D eigenvalue weighted by molar-refractivity contribution is -0.0498. The van der Waals surface area contributed by atoms with Gasteiger partial charge < -0.3 is 4.74 Å². The van der Waals surface area contributed by atoms with Gasteiger partial charge in [-0.05, 0) is 24.7 Å². The molecule has 0 saturated carbocycles. The smallest absolute Gasteiger partial charge is 0.387 e. The number of halogens is 2. The average Bonchev–Trinajstić information content (AvgIpc) is 2.20. The minimum Gasteiger partial charge on any atom is -0.435 e. The van der Waals surface area contributed by atoms with Crippen molar-refractivity contribution in [3.05, 3.63) is 42.5 Å². The van der Waals surface area contributed by atoms with Crippen LogP contribution in [-0.4, -0.2) is 25.1 Å². The van der Waals surface area contributed by atoms with Gasteiger partial charge in [0, 0.05) is 13.1 Å². The second-order valence-corrected chi connectivity index (χ2v) is 3.51. The molecule has 0 spiro atoms. The Morgan fingerprint density at radius 3 is 2.50 bits per heavy atom. The summed E-state index contributed by atoms with van der Waals surface area (Å²) in [7, 11) is 1.96. The van der Waals surface area contributed by atoms with E-state index in [2.05, 4.69) is 16.2 Å². The maximum absolute atomic E-state index is 11.9. The summed E-state index contributed by atoms with van der Waals surface area (Å²) >= 11 is 0. The highest BCUT2D eigenvalue weighted by molar-refractivity contribution is 5.27. The van der Waals surface area contributed by atoms with Gasteiger partial charge in [0.05, 0.1) is 0 Å². The van der Waals surface area contributed by atoms with Crippen LogP contribution in [0.25, 0.3) is 0 Å². The molecule has 88 valence electrons. The third-order valence-corrected chi connectivity index (χ3v) is 2.04. The zero-order chi connectivity index (χ0) is 12.0. The van der Waals surface area contributed by atoms with Crippen molar-refractivity contribution in [2.24, 2.45) is 0 Å². The van der Waals surface area contributed by atoms with Crippen LogP contribution >= 0.6 is 0 Å². The first-order chi connectivity index (χ1) is 7.61. The molecule has 0 aliphatic heterocycles. The number of likely N-dealkylation sites (N-methyl/N-ethyl adjacent to an activating group) is 1. The molecular formula is C12H15F2NO. The van der Waals surface area contributed by atoms with E-state index in [-0.39, 0.29) is 5.75 Å². The lowest BCUT2D eigenvalue weighted by Gasteiger charge is -2.14. The van der Waals surface area contributed by atoms with Crippen LogP contribution in [0.2, 0.25) is 0 Å². The van der Waals surface area contributed by atoms with Crippen LogP contribution < -0.4 is 4.74 Å². The first-order valence-electron chi connectivity index (χ1n) is 4.95. The molecule has 4 heteroatoms. The van der Waals surface area contributed by atoms with Crippen LogP contribution in [0.15, 0.2) is 36.9 Å². The molecule has 16 heavy (non-hydrogen) atoms. The highest BCUT2D eigenvalue weighted by atomic mass is 19.3. The molecule has 1 rings (SSSR count). The third kappa shape index (κ3) is 4.40. The van der Waals surface area contributed by atoms with E-state index in [1.165, 1.54) is 0 Å². The summed E-state index contributed by atoms with van der Waals surface area (Å²) in [5, 5.41) is 0. The van der Waals surface area contributed by atoms with Crippen LogP contribution in [0.5, 0.6) is 5.75 Å². The zero-order valence-electron chi connectivity index (χ0n) is 9.20. The first-order valence-corrected chi connectivity index (χ1v) is 4.95. The summed E-state index contributed by atoms with van der Waals surface area (Å²) in [6.07, 6.45) is 1.81. The number of benzene rings is 1. The maximum Gasteiger partial charge on any atom is 0.387 e. The molecule has 0 unspecified atom stereocenters. The molecule has 0 amide bonds. The van der Waals surface area contributed by atoms with Crippen molar-refractivity contribution in [3.63, 3.8) is 0 Å². The minimum atomic E-state index is -2.77. The number of hydrogen-bond donors (Lipinski definition) is 0. The van der Waals surface area contributed by atoms with Crippen LogP contribution in [0.3, 0.4) is 0 Å². The van der Waals surface area contributed by atoms with E-state index in [1.54, 1.807) is 24.3 Å². The Bertz CT molecular complexity index is 324. The van der Waals surface area contributed by atoms with E-state index in [9.17, 15) is 8.78 Å². The van der Waals surface area contributed by atoms with E-state index in [1.807, 2.05) is 13.1 Å². The molecular weight excluding hydrogens is 212 g/mol. The maximum atomic E-state index is 11.9. The average molecular weight is 227 g/mol. The number of hydrogen-bond acceptors (Lipinski definition) is 2. The van der Waals surface area contributed by atoms with Crippen molar-refractivity contribution < 1.29 is 13.5 Å². The summed E-state index contributed by atoms with van der Waals surface area (Å²) in [6, 6.07) is 6.64. The van der Waals surface area contributed by atoms with Gasteiger partial charge in [0.1, 0.15) is 5.75 Å². The van der Waals surface area contributed by atoms with Gasteiger partial charge in [-0.2, -0.15) is 8.78 Å². The van der Waals surface area contributed by atoms with E-state index in [0.29, 0.717) is 0 Å². The van der Waals surface area contributed by atoms with Crippen LogP contribution in [0.1, 0.15) is 5.56 Å². The predicted molar refractivity (Wildman–Crippen MR) is 59.6 cm³/mol. The van der Waals surface area contributed by atoms with E-state index in [4.69, 9.17) is 0 Å². The van der Waals surface area contributed by atoms with E-state index < -0.39 is 6.61 Å². The number of alkyl halides is 2. The minimum absolute atomic E-state index is 0.185. The van der Waals surface area contributed by atoms with E-state index in [0.717, 1.165) is 18.7 Å². The van der Waals surface area contributed by atoms with Gasteiger partial charge in [0.25, 0.3) is 0 Å². The van der Waals surface area contributed by atoms with Crippen molar-refractivity contribution in [2.75, 3.05) is 13.6 Å². The van der Waals surface area contributed by atoms with Gasteiger partial charge in [-0.3, -0.25) is 4.90 Å². The Labute approximate surface area is 94.1 Å². The highest BCUT2D eigenvalue weighted by Gasteiger charge is 2.04. The fraction of sp³-hybridized carbons (Fsp3) is 0.333. The first kappa shape index (κ1) is 12.6. The molecule has 0 heterocycles. The van der Waals surface area contributed by atoms with Crippen LogP contribution in [-0.2, 0) is 6.54 Å². The lowest BCUT2D eigenvalue weighted by atomic mass is 10.2. The fourth-order valence-corrected chi connectivity index (χ4v) is 1.37. The summed E-state index contributed by atoms with van der Waals surface area (Å²) in [5.41, 5.74) is 1.05. The van der Waals surface area contributed by atoms with Crippen LogP contribution in [0, 0.1) is 0 Å². The molecule has 2 nitrogen and oxygen atoms in total. The Kier molecular flexibility index (Phi) is 4.92. The second kappa shape index (κ2) is 6.23. The number of nitrogens with zero attached hydrogens (tertiary/aromatic N) is 1. The summed E-state index contributed by atoms with van der Waals surface area (Å²) < 4.78 is 28.0. The SMILES string of the molecule is C=CCN(C)Cc1ccc(OC(F)F)cc1. The largest absolute Gasteiger partial charge is 0.435 e.